The molecule has 1 aliphatic rings. The van der Waals surface area contributed by atoms with Gasteiger partial charge in [0.05, 0.1) is 13.0 Å². The molecule has 0 bridgehead atoms. The zero-order valence-corrected chi connectivity index (χ0v) is 11.3. The van der Waals surface area contributed by atoms with Gasteiger partial charge in [0.25, 0.3) is 0 Å². The van der Waals surface area contributed by atoms with Gasteiger partial charge in [0.15, 0.2) is 0 Å². The molecule has 1 heterocycles. The number of hydrogen-bond donors (Lipinski definition) is 2. The van der Waals surface area contributed by atoms with E-state index >= 15 is 0 Å². The van der Waals surface area contributed by atoms with E-state index in [1.165, 1.54) is 7.11 Å². The molecule has 108 valence electrons. The average molecular weight is 278 g/mol. The maximum Gasteiger partial charge on any atom is 0.341 e. The molecule has 2 N–H and O–H groups in total. The first kappa shape index (κ1) is 14.3. The number of methoxy groups -OCH3 is 1. The molecule has 0 saturated heterocycles. The molecule has 1 aromatic heterocycles. The molecule has 2 unspecified atom stereocenters. The molecule has 0 amide bonds. The zero-order valence-electron chi connectivity index (χ0n) is 11.3. The van der Waals surface area contributed by atoms with Gasteiger partial charge >= 0.3 is 11.9 Å². The standard InChI is InChI=1S/C14H18N2O4/c1-20-14(19)10-6-4-8-15-12(10)16-11-7-3-2-5-9(11)13(17)18/h4,6,8-9,11H,2-3,5,7H2,1H3,(H,15,16)(H,17,18). The lowest BCUT2D eigenvalue weighted by Gasteiger charge is -2.30. The topological polar surface area (TPSA) is 88.5 Å². The van der Waals surface area contributed by atoms with Crippen LogP contribution in [-0.2, 0) is 9.53 Å². The van der Waals surface area contributed by atoms with Gasteiger partial charge in [0.1, 0.15) is 11.4 Å². The number of esters is 1. The molecule has 0 aliphatic heterocycles. The van der Waals surface area contributed by atoms with Gasteiger partial charge in [-0.2, -0.15) is 0 Å². The number of pyridine rings is 1. The van der Waals surface area contributed by atoms with Crippen LogP contribution >= 0.6 is 0 Å². The van der Waals surface area contributed by atoms with Gasteiger partial charge in [-0.15, -0.1) is 0 Å². The summed E-state index contributed by atoms with van der Waals surface area (Å²) in [5.74, 6) is -1.35. The van der Waals surface area contributed by atoms with Crippen molar-refractivity contribution in [3.63, 3.8) is 0 Å². The Balaban J connectivity index is 2.20. The Labute approximate surface area is 117 Å². The van der Waals surface area contributed by atoms with E-state index in [1.807, 2.05) is 0 Å². The number of carbonyl (C=O) groups excluding carboxylic acids is 1. The fraction of sp³-hybridized carbons (Fsp3) is 0.500. The van der Waals surface area contributed by atoms with Crippen molar-refractivity contribution in [3.05, 3.63) is 23.9 Å². The van der Waals surface area contributed by atoms with Crippen LogP contribution in [0.3, 0.4) is 0 Å². The molecule has 2 rings (SSSR count). The lowest BCUT2D eigenvalue weighted by molar-refractivity contribution is -0.143. The van der Waals surface area contributed by atoms with Crippen LogP contribution in [0.15, 0.2) is 18.3 Å². The van der Waals surface area contributed by atoms with Crippen LogP contribution in [0.25, 0.3) is 0 Å². The molecule has 1 aromatic rings. The Morgan fingerprint density at radius 3 is 2.85 bits per heavy atom. The molecule has 6 nitrogen and oxygen atoms in total. The summed E-state index contributed by atoms with van der Waals surface area (Å²) in [7, 11) is 1.31. The first-order valence-electron chi connectivity index (χ1n) is 6.66. The van der Waals surface area contributed by atoms with E-state index in [9.17, 15) is 14.7 Å². The van der Waals surface area contributed by atoms with Crippen LogP contribution < -0.4 is 5.32 Å². The average Bonchev–Trinajstić information content (AvgIpc) is 2.47. The predicted octanol–water partition coefficient (Wildman–Crippen LogP) is 1.92. The molecule has 1 saturated carbocycles. The van der Waals surface area contributed by atoms with Gasteiger partial charge in [0, 0.05) is 12.2 Å². The van der Waals surface area contributed by atoms with Crippen molar-refractivity contribution >= 4 is 17.8 Å². The Bertz CT molecular complexity index is 504. The first-order valence-corrected chi connectivity index (χ1v) is 6.66. The minimum absolute atomic E-state index is 0.209. The van der Waals surface area contributed by atoms with E-state index in [1.54, 1.807) is 18.3 Å². The number of carboxylic acid groups (broad SMARTS) is 1. The lowest BCUT2D eigenvalue weighted by atomic mass is 9.84. The number of hydrogen-bond acceptors (Lipinski definition) is 5. The number of aromatic nitrogens is 1. The van der Waals surface area contributed by atoms with E-state index in [4.69, 9.17) is 4.74 Å². The van der Waals surface area contributed by atoms with Gasteiger partial charge in [-0.1, -0.05) is 12.8 Å². The highest BCUT2D eigenvalue weighted by atomic mass is 16.5. The van der Waals surface area contributed by atoms with Crippen LogP contribution in [0, 0.1) is 5.92 Å². The zero-order chi connectivity index (χ0) is 14.5. The number of anilines is 1. The van der Waals surface area contributed by atoms with Crippen molar-refractivity contribution in [2.45, 2.75) is 31.7 Å². The summed E-state index contributed by atoms with van der Waals surface area (Å²) in [4.78, 5) is 27.1. The largest absolute Gasteiger partial charge is 0.481 e. The maximum absolute atomic E-state index is 11.7. The molecular formula is C14H18N2O4. The highest BCUT2D eigenvalue weighted by Gasteiger charge is 2.31. The number of nitrogens with zero attached hydrogens (tertiary/aromatic N) is 1. The van der Waals surface area contributed by atoms with E-state index < -0.39 is 17.9 Å². The normalized spacial score (nSPS) is 22.1. The van der Waals surface area contributed by atoms with E-state index in [0.29, 0.717) is 17.8 Å². The van der Waals surface area contributed by atoms with Crippen molar-refractivity contribution in [2.24, 2.45) is 5.92 Å². The monoisotopic (exact) mass is 278 g/mol. The van der Waals surface area contributed by atoms with Crippen molar-refractivity contribution < 1.29 is 19.4 Å². The van der Waals surface area contributed by atoms with Crippen molar-refractivity contribution in [1.29, 1.82) is 0 Å². The number of rotatable bonds is 4. The van der Waals surface area contributed by atoms with E-state index in [-0.39, 0.29) is 6.04 Å². The summed E-state index contributed by atoms with van der Waals surface area (Å²) in [6.07, 6.45) is 4.86. The Hall–Kier alpha value is -2.11. The third-order valence-electron chi connectivity index (χ3n) is 3.62. The number of ether oxygens (including phenoxy) is 1. The van der Waals surface area contributed by atoms with Gasteiger partial charge in [-0.3, -0.25) is 4.79 Å². The predicted molar refractivity (Wildman–Crippen MR) is 72.6 cm³/mol. The number of nitrogens with one attached hydrogen (secondary N) is 1. The summed E-state index contributed by atoms with van der Waals surface area (Å²) in [6, 6.07) is 3.05. The Morgan fingerprint density at radius 2 is 2.15 bits per heavy atom. The molecule has 0 spiro atoms. The molecular weight excluding hydrogens is 260 g/mol. The second-order valence-electron chi connectivity index (χ2n) is 4.87. The molecule has 1 fully saturated rings. The van der Waals surface area contributed by atoms with E-state index in [0.717, 1.165) is 19.3 Å². The van der Waals surface area contributed by atoms with Crippen LogP contribution in [0.2, 0.25) is 0 Å². The SMILES string of the molecule is COC(=O)c1cccnc1NC1CCCCC1C(=O)O. The highest BCUT2D eigenvalue weighted by Crippen LogP contribution is 2.28. The van der Waals surface area contributed by atoms with Crippen LogP contribution in [0.5, 0.6) is 0 Å². The van der Waals surface area contributed by atoms with Crippen molar-refractivity contribution in [3.8, 4) is 0 Å². The van der Waals surface area contributed by atoms with Crippen molar-refractivity contribution in [1.82, 2.24) is 4.98 Å². The number of aliphatic carboxylic acids is 1. The van der Waals surface area contributed by atoms with Gasteiger partial charge in [-0.25, -0.2) is 9.78 Å². The summed E-state index contributed by atoms with van der Waals surface area (Å²) < 4.78 is 4.71. The van der Waals surface area contributed by atoms with Gasteiger partial charge in [-0.05, 0) is 25.0 Å². The minimum Gasteiger partial charge on any atom is -0.481 e. The minimum atomic E-state index is -0.808. The lowest BCUT2D eigenvalue weighted by Crippen LogP contribution is -2.37. The molecule has 6 heteroatoms. The Kier molecular flexibility index (Phi) is 4.55. The number of carbonyl (C=O) groups is 2. The third-order valence-corrected chi connectivity index (χ3v) is 3.62. The third kappa shape index (κ3) is 3.07. The highest BCUT2D eigenvalue weighted by molar-refractivity contribution is 5.94. The van der Waals surface area contributed by atoms with Crippen molar-refractivity contribution in [2.75, 3.05) is 12.4 Å². The summed E-state index contributed by atoms with van der Waals surface area (Å²) >= 11 is 0. The quantitative estimate of drug-likeness (QED) is 0.818. The molecule has 0 radical (unpaired) electrons. The summed E-state index contributed by atoms with van der Waals surface area (Å²) in [5, 5.41) is 12.4. The van der Waals surface area contributed by atoms with Crippen LogP contribution in [0.1, 0.15) is 36.0 Å². The molecule has 0 aromatic carbocycles. The maximum atomic E-state index is 11.7. The first-order chi connectivity index (χ1) is 9.63. The second kappa shape index (κ2) is 6.36. The molecule has 2 atom stereocenters. The second-order valence-corrected chi connectivity index (χ2v) is 4.87. The van der Waals surface area contributed by atoms with Crippen LogP contribution in [-0.4, -0.2) is 35.2 Å². The summed E-state index contributed by atoms with van der Waals surface area (Å²) in [6.45, 7) is 0. The van der Waals surface area contributed by atoms with E-state index in [2.05, 4.69) is 10.3 Å². The fourth-order valence-electron chi connectivity index (χ4n) is 2.57. The fourth-order valence-corrected chi connectivity index (χ4v) is 2.57. The smallest absolute Gasteiger partial charge is 0.341 e. The Morgan fingerprint density at radius 1 is 1.40 bits per heavy atom. The molecule has 1 aliphatic carbocycles. The van der Waals surface area contributed by atoms with Crippen LogP contribution in [0.4, 0.5) is 5.82 Å². The van der Waals surface area contributed by atoms with Gasteiger partial charge in [0.2, 0.25) is 0 Å². The van der Waals surface area contributed by atoms with Gasteiger partial charge < -0.3 is 15.2 Å². The number of carboxylic acids is 1. The molecule has 20 heavy (non-hydrogen) atoms. The summed E-state index contributed by atoms with van der Waals surface area (Å²) in [5.41, 5.74) is 0.324.